The van der Waals surface area contributed by atoms with Gasteiger partial charge >= 0.3 is 0 Å². The van der Waals surface area contributed by atoms with Gasteiger partial charge in [0.25, 0.3) is 0 Å². The van der Waals surface area contributed by atoms with Crippen molar-refractivity contribution in [2.24, 2.45) is 5.92 Å². The normalized spacial score (nSPS) is 21.3. The number of β-amino-alcohol motifs (C(OH)–C–C–N with tert-alkyl or cyclic N) is 1. The number of carbonyl (C=O) groups is 1. The standard InChI is InChI=1S/C18H25FN2O2/c19-15-8-6-14(7-9-15)18(13-3-1-4-13)20-11-16(22)12-21-10-2-5-17(21)23/h6-9,13,16,18,20,22H,1-5,10-12H2. The second-order valence-electron chi connectivity index (χ2n) is 6.73. The van der Waals surface area contributed by atoms with Gasteiger partial charge in [-0.05, 0) is 42.9 Å². The summed E-state index contributed by atoms with van der Waals surface area (Å²) in [5.41, 5.74) is 1.07. The second-order valence-corrected chi connectivity index (χ2v) is 6.73. The third-order valence-corrected chi connectivity index (χ3v) is 5.03. The predicted molar refractivity (Wildman–Crippen MR) is 86.3 cm³/mol. The predicted octanol–water partition coefficient (Wildman–Crippen LogP) is 2.24. The number of benzene rings is 1. The zero-order chi connectivity index (χ0) is 16.2. The van der Waals surface area contributed by atoms with Crippen molar-refractivity contribution in [3.8, 4) is 0 Å². The topological polar surface area (TPSA) is 52.6 Å². The fourth-order valence-corrected chi connectivity index (χ4v) is 3.48. The number of halogens is 1. The highest BCUT2D eigenvalue weighted by Gasteiger charge is 2.29. The Morgan fingerprint density at radius 2 is 2.00 bits per heavy atom. The molecule has 1 aromatic carbocycles. The summed E-state index contributed by atoms with van der Waals surface area (Å²) in [6.07, 6.45) is 4.47. The van der Waals surface area contributed by atoms with Crippen molar-refractivity contribution >= 4 is 5.91 Å². The van der Waals surface area contributed by atoms with Gasteiger partial charge in [-0.25, -0.2) is 4.39 Å². The molecule has 2 N–H and O–H groups in total. The van der Waals surface area contributed by atoms with Gasteiger partial charge in [0.2, 0.25) is 5.91 Å². The van der Waals surface area contributed by atoms with E-state index in [1.807, 2.05) is 12.1 Å². The monoisotopic (exact) mass is 320 g/mol. The Bertz CT molecular complexity index is 530. The van der Waals surface area contributed by atoms with Crippen molar-refractivity contribution in [2.75, 3.05) is 19.6 Å². The van der Waals surface area contributed by atoms with Gasteiger partial charge in [-0.1, -0.05) is 18.6 Å². The number of amides is 1. The lowest BCUT2D eigenvalue weighted by molar-refractivity contribution is -0.128. The van der Waals surface area contributed by atoms with Crippen LogP contribution >= 0.6 is 0 Å². The molecule has 1 amide bonds. The first-order valence-electron chi connectivity index (χ1n) is 8.58. The molecular weight excluding hydrogens is 295 g/mol. The number of rotatable bonds is 7. The number of carbonyl (C=O) groups excluding carboxylic acids is 1. The molecule has 1 aliphatic carbocycles. The Labute approximate surface area is 136 Å². The summed E-state index contributed by atoms with van der Waals surface area (Å²) in [6.45, 7) is 1.59. The maximum Gasteiger partial charge on any atom is 0.222 e. The molecule has 2 fully saturated rings. The number of likely N-dealkylation sites (tertiary alicyclic amines) is 1. The molecule has 1 aliphatic heterocycles. The summed E-state index contributed by atoms with van der Waals surface area (Å²) >= 11 is 0. The number of nitrogens with zero attached hydrogens (tertiary/aromatic N) is 1. The van der Waals surface area contributed by atoms with Gasteiger partial charge in [-0.2, -0.15) is 0 Å². The SMILES string of the molecule is O=C1CCCN1CC(O)CNC(c1ccc(F)cc1)C1CCC1. The molecule has 1 saturated heterocycles. The quantitative estimate of drug-likeness (QED) is 0.810. The first-order valence-corrected chi connectivity index (χ1v) is 8.58. The molecule has 2 atom stereocenters. The summed E-state index contributed by atoms with van der Waals surface area (Å²) in [4.78, 5) is 13.4. The van der Waals surface area contributed by atoms with Gasteiger partial charge in [-0.15, -0.1) is 0 Å². The molecule has 0 radical (unpaired) electrons. The number of hydrogen-bond donors (Lipinski definition) is 2. The smallest absolute Gasteiger partial charge is 0.222 e. The number of hydrogen-bond acceptors (Lipinski definition) is 3. The minimum Gasteiger partial charge on any atom is -0.390 e. The minimum absolute atomic E-state index is 0.137. The Balaban J connectivity index is 1.56. The van der Waals surface area contributed by atoms with Crippen molar-refractivity contribution < 1.29 is 14.3 Å². The van der Waals surface area contributed by atoms with E-state index in [2.05, 4.69) is 5.32 Å². The van der Waals surface area contributed by atoms with E-state index in [0.717, 1.165) is 31.4 Å². The lowest BCUT2D eigenvalue weighted by Crippen LogP contribution is -2.42. The fourth-order valence-electron chi connectivity index (χ4n) is 3.48. The average Bonchev–Trinajstić information content (AvgIpc) is 2.87. The lowest BCUT2D eigenvalue weighted by Gasteiger charge is -2.35. The highest BCUT2D eigenvalue weighted by atomic mass is 19.1. The van der Waals surface area contributed by atoms with Crippen LogP contribution in [-0.4, -0.2) is 41.7 Å². The first-order chi connectivity index (χ1) is 11.1. The Kier molecular flexibility index (Phi) is 5.28. The van der Waals surface area contributed by atoms with Crippen molar-refractivity contribution in [2.45, 2.75) is 44.2 Å². The van der Waals surface area contributed by atoms with Crippen LogP contribution in [0.1, 0.15) is 43.7 Å². The van der Waals surface area contributed by atoms with Crippen LogP contribution < -0.4 is 5.32 Å². The van der Waals surface area contributed by atoms with Gasteiger partial charge < -0.3 is 15.3 Å². The Morgan fingerprint density at radius 3 is 2.57 bits per heavy atom. The van der Waals surface area contributed by atoms with Gasteiger partial charge in [-0.3, -0.25) is 4.79 Å². The van der Waals surface area contributed by atoms with Gasteiger partial charge in [0, 0.05) is 32.1 Å². The lowest BCUT2D eigenvalue weighted by atomic mass is 9.77. The van der Waals surface area contributed by atoms with E-state index in [4.69, 9.17) is 0 Å². The molecule has 1 saturated carbocycles. The fraction of sp³-hybridized carbons (Fsp3) is 0.611. The van der Waals surface area contributed by atoms with E-state index >= 15 is 0 Å². The molecule has 126 valence electrons. The molecule has 1 heterocycles. The molecule has 1 aromatic rings. The zero-order valence-corrected chi connectivity index (χ0v) is 13.4. The van der Waals surface area contributed by atoms with E-state index in [-0.39, 0.29) is 17.8 Å². The zero-order valence-electron chi connectivity index (χ0n) is 13.4. The van der Waals surface area contributed by atoms with Crippen LogP contribution in [0.5, 0.6) is 0 Å². The van der Waals surface area contributed by atoms with E-state index < -0.39 is 6.10 Å². The van der Waals surface area contributed by atoms with Crippen molar-refractivity contribution in [1.82, 2.24) is 10.2 Å². The average molecular weight is 320 g/mol. The summed E-state index contributed by atoms with van der Waals surface area (Å²) in [7, 11) is 0. The largest absolute Gasteiger partial charge is 0.390 e. The van der Waals surface area contributed by atoms with Crippen LogP contribution in [0.15, 0.2) is 24.3 Å². The van der Waals surface area contributed by atoms with Crippen LogP contribution in [0.2, 0.25) is 0 Å². The van der Waals surface area contributed by atoms with Gasteiger partial charge in [0.05, 0.1) is 6.10 Å². The van der Waals surface area contributed by atoms with E-state index in [9.17, 15) is 14.3 Å². The van der Waals surface area contributed by atoms with Crippen LogP contribution in [0.25, 0.3) is 0 Å². The Morgan fingerprint density at radius 1 is 1.26 bits per heavy atom. The molecule has 0 aromatic heterocycles. The number of aliphatic hydroxyl groups excluding tert-OH is 1. The maximum absolute atomic E-state index is 13.1. The van der Waals surface area contributed by atoms with Crippen LogP contribution in [0, 0.1) is 11.7 Å². The summed E-state index contributed by atoms with van der Waals surface area (Å²) in [5.74, 6) is 0.452. The van der Waals surface area contributed by atoms with Crippen molar-refractivity contribution in [1.29, 1.82) is 0 Å². The molecule has 0 spiro atoms. The summed E-state index contributed by atoms with van der Waals surface area (Å²) in [5, 5.41) is 13.7. The Hall–Kier alpha value is -1.46. The first kappa shape index (κ1) is 16.4. The number of aliphatic hydroxyl groups is 1. The third-order valence-electron chi connectivity index (χ3n) is 5.03. The van der Waals surface area contributed by atoms with Crippen molar-refractivity contribution in [3.63, 3.8) is 0 Å². The van der Waals surface area contributed by atoms with Crippen LogP contribution in [0.4, 0.5) is 4.39 Å². The molecule has 2 aliphatic rings. The van der Waals surface area contributed by atoms with Crippen LogP contribution in [-0.2, 0) is 4.79 Å². The van der Waals surface area contributed by atoms with Gasteiger partial charge in [0.15, 0.2) is 0 Å². The van der Waals surface area contributed by atoms with Crippen molar-refractivity contribution in [3.05, 3.63) is 35.6 Å². The maximum atomic E-state index is 13.1. The minimum atomic E-state index is -0.569. The highest BCUT2D eigenvalue weighted by Crippen LogP contribution is 2.37. The summed E-state index contributed by atoms with van der Waals surface area (Å²) < 4.78 is 13.1. The molecule has 2 unspecified atom stereocenters. The number of nitrogens with one attached hydrogen (secondary N) is 1. The second kappa shape index (κ2) is 7.41. The molecule has 4 nitrogen and oxygen atoms in total. The summed E-state index contributed by atoms with van der Waals surface area (Å²) in [6, 6.07) is 6.77. The van der Waals surface area contributed by atoms with E-state index in [1.54, 1.807) is 4.90 Å². The van der Waals surface area contributed by atoms with Crippen LogP contribution in [0.3, 0.4) is 0 Å². The third kappa shape index (κ3) is 4.09. The molecule has 0 bridgehead atoms. The molecule has 3 rings (SSSR count). The van der Waals surface area contributed by atoms with E-state index in [0.29, 0.717) is 25.4 Å². The highest BCUT2D eigenvalue weighted by molar-refractivity contribution is 5.78. The van der Waals surface area contributed by atoms with Gasteiger partial charge in [0.1, 0.15) is 5.82 Å². The molecule has 5 heteroatoms. The molecule has 23 heavy (non-hydrogen) atoms. The molecular formula is C18H25FN2O2. The van der Waals surface area contributed by atoms with E-state index in [1.165, 1.54) is 18.6 Å².